The van der Waals surface area contributed by atoms with Gasteiger partial charge in [-0.05, 0) is 31.4 Å². The highest BCUT2D eigenvalue weighted by Gasteiger charge is 2.18. The van der Waals surface area contributed by atoms with Crippen LogP contribution in [0.3, 0.4) is 0 Å². The molecule has 2 heteroatoms. The van der Waals surface area contributed by atoms with E-state index < -0.39 is 0 Å². The molecule has 76 valence electrons. The highest BCUT2D eigenvalue weighted by atomic mass is 15.2. The van der Waals surface area contributed by atoms with Crippen molar-refractivity contribution in [1.82, 2.24) is 0 Å². The molecule has 0 spiro atoms. The SMILES string of the molecule is C=CC1=C(C(=C)C2=CC=C(C)CC2)N=N1. The monoisotopic (exact) mass is 198 g/mol. The topological polar surface area (TPSA) is 24.7 Å². The summed E-state index contributed by atoms with van der Waals surface area (Å²) in [5.74, 6) is 0. The van der Waals surface area contributed by atoms with Gasteiger partial charge >= 0.3 is 0 Å². The van der Waals surface area contributed by atoms with Crippen molar-refractivity contribution in [2.24, 2.45) is 10.2 Å². The molecule has 0 radical (unpaired) electrons. The molecule has 0 saturated heterocycles. The van der Waals surface area contributed by atoms with E-state index in [1.807, 2.05) is 0 Å². The summed E-state index contributed by atoms with van der Waals surface area (Å²) in [6.45, 7) is 9.90. The van der Waals surface area contributed by atoms with Gasteiger partial charge in [-0.15, -0.1) is 10.2 Å². The Balaban J connectivity index is 2.20. The van der Waals surface area contributed by atoms with Gasteiger partial charge in [-0.25, -0.2) is 0 Å². The van der Waals surface area contributed by atoms with Crippen molar-refractivity contribution in [3.63, 3.8) is 0 Å². The lowest BCUT2D eigenvalue weighted by Crippen LogP contribution is -2.01. The van der Waals surface area contributed by atoms with Gasteiger partial charge in [0, 0.05) is 5.57 Å². The maximum absolute atomic E-state index is 4.07. The Morgan fingerprint density at radius 2 is 2.13 bits per heavy atom. The number of hydrogen-bond donors (Lipinski definition) is 0. The van der Waals surface area contributed by atoms with E-state index in [0.29, 0.717) is 0 Å². The van der Waals surface area contributed by atoms with E-state index in [0.717, 1.165) is 29.8 Å². The molecule has 2 nitrogen and oxygen atoms in total. The number of azo groups is 1. The Labute approximate surface area is 90.1 Å². The Bertz CT molecular complexity index is 441. The van der Waals surface area contributed by atoms with Crippen molar-refractivity contribution < 1.29 is 0 Å². The minimum absolute atomic E-state index is 0.854. The summed E-state index contributed by atoms with van der Waals surface area (Å²) in [6, 6.07) is 0. The van der Waals surface area contributed by atoms with Crippen molar-refractivity contribution in [2.75, 3.05) is 0 Å². The molecule has 0 aromatic heterocycles. The van der Waals surface area contributed by atoms with Gasteiger partial charge in [-0.1, -0.05) is 30.9 Å². The molecule has 0 aromatic carbocycles. The molecule has 0 N–H and O–H groups in total. The first kappa shape index (κ1) is 9.84. The van der Waals surface area contributed by atoms with Crippen molar-refractivity contribution in [2.45, 2.75) is 19.8 Å². The quantitative estimate of drug-likeness (QED) is 0.653. The average Bonchev–Trinajstić information content (AvgIpc) is 2.17. The van der Waals surface area contributed by atoms with E-state index in [-0.39, 0.29) is 0 Å². The molecule has 2 rings (SSSR count). The van der Waals surface area contributed by atoms with Crippen LogP contribution in [0, 0.1) is 0 Å². The second-order valence-corrected chi connectivity index (χ2v) is 3.82. The molecule has 15 heavy (non-hydrogen) atoms. The molecule has 0 atom stereocenters. The van der Waals surface area contributed by atoms with Crippen LogP contribution in [0.25, 0.3) is 0 Å². The summed E-state index contributed by atoms with van der Waals surface area (Å²) in [6.07, 6.45) is 8.15. The first-order valence-corrected chi connectivity index (χ1v) is 5.07. The Morgan fingerprint density at radius 1 is 1.33 bits per heavy atom. The number of nitrogens with zero attached hydrogens (tertiary/aromatic N) is 2. The smallest absolute Gasteiger partial charge is 0.120 e. The predicted octanol–water partition coefficient (Wildman–Crippen LogP) is 4.07. The molecule has 0 bridgehead atoms. The van der Waals surface area contributed by atoms with Crippen LogP contribution in [-0.2, 0) is 0 Å². The molecule has 2 aliphatic rings. The van der Waals surface area contributed by atoms with Crippen molar-refractivity contribution >= 4 is 0 Å². The Kier molecular flexibility index (Phi) is 2.50. The lowest BCUT2D eigenvalue weighted by atomic mass is 9.92. The zero-order valence-electron chi connectivity index (χ0n) is 8.95. The van der Waals surface area contributed by atoms with Gasteiger partial charge < -0.3 is 0 Å². The van der Waals surface area contributed by atoms with Crippen LogP contribution in [0.2, 0.25) is 0 Å². The van der Waals surface area contributed by atoms with Crippen LogP contribution in [0.4, 0.5) is 0 Å². The third kappa shape index (κ3) is 1.75. The van der Waals surface area contributed by atoms with Crippen LogP contribution in [0.1, 0.15) is 19.8 Å². The minimum Gasteiger partial charge on any atom is -0.148 e. The van der Waals surface area contributed by atoms with Crippen LogP contribution in [-0.4, -0.2) is 0 Å². The van der Waals surface area contributed by atoms with Crippen molar-refractivity contribution in [3.8, 4) is 0 Å². The third-order valence-electron chi connectivity index (χ3n) is 2.72. The van der Waals surface area contributed by atoms with Gasteiger partial charge in [0.15, 0.2) is 0 Å². The van der Waals surface area contributed by atoms with Gasteiger partial charge in [0.05, 0.1) is 0 Å². The second-order valence-electron chi connectivity index (χ2n) is 3.82. The first-order valence-electron chi connectivity index (χ1n) is 5.07. The standard InChI is InChI=1S/C13H14N2/c1-4-12-13(15-14-12)10(3)11-7-5-9(2)6-8-11/h4-5,7H,1,3,6,8H2,2H3. The molecule has 1 aliphatic heterocycles. The average molecular weight is 198 g/mol. The maximum atomic E-state index is 4.07. The second kappa shape index (κ2) is 3.81. The highest BCUT2D eigenvalue weighted by molar-refractivity contribution is 5.52. The molecule has 1 heterocycles. The molecule has 1 aliphatic carbocycles. The van der Waals surface area contributed by atoms with E-state index in [1.54, 1.807) is 6.08 Å². The highest BCUT2D eigenvalue weighted by Crippen LogP contribution is 2.34. The normalized spacial score (nSPS) is 19.3. The van der Waals surface area contributed by atoms with Crippen LogP contribution in [0.5, 0.6) is 0 Å². The van der Waals surface area contributed by atoms with Crippen LogP contribution < -0.4 is 0 Å². The van der Waals surface area contributed by atoms with Gasteiger partial charge in [-0.3, -0.25) is 0 Å². The van der Waals surface area contributed by atoms with Gasteiger partial charge in [0.25, 0.3) is 0 Å². The van der Waals surface area contributed by atoms with E-state index in [2.05, 4.69) is 42.5 Å². The van der Waals surface area contributed by atoms with E-state index >= 15 is 0 Å². The molecule has 0 fully saturated rings. The largest absolute Gasteiger partial charge is 0.148 e. The van der Waals surface area contributed by atoms with Gasteiger partial charge in [0.1, 0.15) is 11.4 Å². The molecule has 0 saturated carbocycles. The van der Waals surface area contributed by atoms with E-state index in [4.69, 9.17) is 0 Å². The van der Waals surface area contributed by atoms with Crippen molar-refractivity contribution in [1.29, 1.82) is 0 Å². The summed E-state index contributed by atoms with van der Waals surface area (Å²) in [5, 5.41) is 7.87. The fourth-order valence-electron chi connectivity index (χ4n) is 1.66. The fraction of sp³-hybridized carbons (Fsp3) is 0.231. The number of hydrogen-bond acceptors (Lipinski definition) is 2. The zero-order chi connectivity index (χ0) is 10.8. The van der Waals surface area contributed by atoms with Gasteiger partial charge in [0.2, 0.25) is 0 Å². The van der Waals surface area contributed by atoms with Crippen molar-refractivity contribution in [3.05, 3.63) is 59.5 Å². The first-order chi connectivity index (χ1) is 7.22. The summed E-state index contributed by atoms with van der Waals surface area (Å²) in [7, 11) is 0. The summed E-state index contributed by atoms with van der Waals surface area (Å²) < 4.78 is 0. The van der Waals surface area contributed by atoms with E-state index in [9.17, 15) is 0 Å². The number of rotatable bonds is 3. The predicted molar refractivity (Wildman–Crippen MR) is 62.3 cm³/mol. The third-order valence-corrected chi connectivity index (χ3v) is 2.72. The van der Waals surface area contributed by atoms with Crippen LogP contribution >= 0.6 is 0 Å². The lowest BCUT2D eigenvalue weighted by molar-refractivity contribution is 0.893. The molecule has 0 amide bonds. The van der Waals surface area contributed by atoms with Gasteiger partial charge in [-0.2, -0.15) is 0 Å². The summed E-state index contributed by atoms with van der Waals surface area (Å²) in [5.41, 5.74) is 5.41. The summed E-state index contributed by atoms with van der Waals surface area (Å²) >= 11 is 0. The minimum atomic E-state index is 0.854. The zero-order valence-corrected chi connectivity index (χ0v) is 8.95. The number of allylic oxidation sites excluding steroid dienone is 5. The molecule has 0 unspecified atom stereocenters. The molecular formula is C13H14N2. The lowest BCUT2D eigenvalue weighted by Gasteiger charge is -2.18. The Hall–Kier alpha value is -1.70. The Morgan fingerprint density at radius 3 is 2.60 bits per heavy atom. The summed E-state index contributed by atoms with van der Waals surface area (Å²) in [4.78, 5) is 0. The van der Waals surface area contributed by atoms with Crippen LogP contribution in [0.15, 0.2) is 69.7 Å². The molecule has 0 aromatic rings. The fourth-order valence-corrected chi connectivity index (χ4v) is 1.66. The molecular weight excluding hydrogens is 184 g/mol. The van der Waals surface area contributed by atoms with E-state index in [1.165, 1.54) is 11.1 Å². The maximum Gasteiger partial charge on any atom is 0.120 e.